The van der Waals surface area contributed by atoms with Gasteiger partial charge in [-0.2, -0.15) is 0 Å². The fourth-order valence-corrected chi connectivity index (χ4v) is 1.88. The Kier molecular flexibility index (Phi) is 1.39. The number of nitrogen functional groups attached to an aromatic ring is 1. The van der Waals surface area contributed by atoms with Gasteiger partial charge in [0.15, 0.2) is 0 Å². The van der Waals surface area contributed by atoms with Gasteiger partial charge in [0.1, 0.15) is 16.9 Å². The minimum absolute atomic E-state index is 0.548. The average molecular weight is 186 g/mol. The van der Waals surface area contributed by atoms with E-state index in [0.29, 0.717) is 5.82 Å². The van der Waals surface area contributed by atoms with E-state index in [4.69, 9.17) is 5.73 Å². The van der Waals surface area contributed by atoms with Crippen molar-refractivity contribution in [2.24, 2.45) is 0 Å². The first kappa shape index (κ1) is 7.55. The summed E-state index contributed by atoms with van der Waals surface area (Å²) < 4.78 is 0. The molecule has 0 atom stereocenters. The van der Waals surface area contributed by atoms with Crippen LogP contribution in [0.1, 0.15) is 17.7 Å². The number of nitrogens with two attached hydrogens (primary N) is 1. The van der Waals surface area contributed by atoms with E-state index in [2.05, 4.69) is 27.1 Å². The summed E-state index contributed by atoms with van der Waals surface area (Å²) >= 11 is 0. The van der Waals surface area contributed by atoms with Crippen LogP contribution < -0.4 is 5.73 Å². The number of fused-ring (bicyclic) bond motifs is 3. The second kappa shape index (κ2) is 2.57. The summed E-state index contributed by atoms with van der Waals surface area (Å²) in [4.78, 5) is 11.6. The number of pyridine rings is 1. The van der Waals surface area contributed by atoms with Crippen molar-refractivity contribution in [2.45, 2.75) is 12.8 Å². The van der Waals surface area contributed by atoms with Crippen LogP contribution in [0.15, 0.2) is 12.4 Å². The number of aryl methyl sites for hydroxylation is 1. The van der Waals surface area contributed by atoms with E-state index in [1.807, 2.05) is 0 Å². The van der Waals surface area contributed by atoms with Gasteiger partial charge in [-0.15, -0.1) is 0 Å². The Morgan fingerprint density at radius 1 is 1.43 bits per heavy atom. The van der Waals surface area contributed by atoms with Crippen molar-refractivity contribution >= 4 is 22.9 Å². The molecule has 0 bridgehead atoms. The maximum atomic E-state index is 5.82. The molecule has 4 heteroatoms. The van der Waals surface area contributed by atoms with Gasteiger partial charge in [0.25, 0.3) is 0 Å². The molecule has 0 radical (unpaired) electrons. The molecule has 0 saturated carbocycles. The summed E-state index contributed by atoms with van der Waals surface area (Å²) in [5, 5.41) is 0. The molecule has 3 N–H and O–H groups in total. The Balaban J connectivity index is 2.46. The number of nitrogens with one attached hydrogen (secondary N) is 1. The van der Waals surface area contributed by atoms with E-state index in [0.717, 1.165) is 35.1 Å². The second-order valence-electron chi connectivity index (χ2n) is 3.42. The topological polar surface area (TPSA) is 67.6 Å². The summed E-state index contributed by atoms with van der Waals surface area (Å²) in [5.41, 5.74) is 9.77. The Bertz CT molecular complexity index is 524. The zero-order valence-corrected chi connectivity index (χ0v) is 7.62. The van der Waals surface area contributed by atoms with Gasteiger partial charge in [-0.25, -0.2) is 9.97 Å². The largest absolute Gasteiger partial charge is 0.382 e. The number of imidazole rings is 1. The van der Waals surface area contributed by atoms with Crippen molar-refractivity contribution in [3.63, 3.8) is 0 Å². The van der Waals surface area contributed by atoms with E-state index in [-0.39, 0.29) is 0 Å². The van der Waals surface area contributed by atoms with Crippen LogP contribution in [0, 0.1) is 0 Å². The van der Waals surface area contributed by atoms with Crippen molar-refractivity contribution in [3.05, 3.63) is 23.7 Å². The number of hydrogen-bond donors (Lipinski definition) is 2. The number of anilines is 1. The summed E-state index contributed by atoms with van der Waals surface area (Å²) in [7, 11) is 0. The van der Waals surface area contributed by atoms with Crippen molar-refractivity contribution < 1.29 is 0 Å². The molecule has 2 aromatic heterocycles. The smallest absolute Gasteiger partial charge is 0.149 e. The summed E-state index contributed by atoms with van der Waals surface area (Å²) in [6.07, 6.45) is 7.88. The Morgan fingerprint density at radius 2 is 2.36 bits per heavy atom. The summed E-state index contributed by atoms with van der Waals surface area (Å²) in [6, 6.07) is 0. The van der Waals surface area contributed by atoms with Crippen LogP contribution in [0.3, 0.4) is 0 Å². The van der Waals surface area contributed by atoms with Crippen LogP contribution >= 0.6 is 0 Å². The Hall–Kier alpha value is -1.84. The van der Waals surface area contributed by atoms with Gasteiger partial charge < -0.3 is 10.7 Å². The number of nitrogens with zero attached hydrogens (tertiary/aromatic N) is 2. The average Bonchev–Trinajstić information content (AvgIpc) is 2.67. The quantitative estimate of drug-likeness (QED) is 0.655. The zero-order valence-electron chi connectivity index (χ0n) is 7.62. The van der Waals surface area contributed by atoms with Gasteiger partial charge in [-0.05, 0) is 12.8 Å². The monoisotopic (exact) mass is 186 g/mol. The lowest BCUT2D eigenvalue weighted by Gasteiger charge is -2.10. The molecule has 0 spiro atoms. The van der Waals surface area contributed by atoms with Crippen LogP contribution in [-0.4, -0.2) is 15.0 Å². The molecule has 2 heterocycles. The van der Waals surface area contributed by atoms with E-state index in [9.17, 15) is 0 Å². The summed E-state index contributed by atoms with van der Waals surface area (Å²) in [5.74, 6) is 0.548. The summed E-state index contributed by atoms with van der Waals surface area (Å²) in [6.45, 7) is 0. The van der Waals surface area contributed by atoms with Gasteiger partial charge in [0, 0.05) is 5.56 Å². The first-order valence-electron chi connectivity index (χ1n) is 4.64. The number of H-pyrrole nitrogens is 1. The maximum Gasteiger partial charge on any atom is 0.149 e. The fourth-order valence-electron chi connectivity index (χ4n) is 1.88. The van der Waals surface area contributed by atoms with E-state index >= 15 is 0 Å². The molecule has 0 aliphatic heterocycles. The van der Waals surface area contributed by atoms with Crippen LogP contribution in [-0.2, 0) is 6.42 Å². The lowest BCUT2D eigenvalue weighted by molar-refractivity contribution is 0.935. The Morgan fingerprint density at radius 3 is 3.29 bits per heavy atom. The lowest BCUT2D eigenvalue weighted by Crippen LogP contribution is -2.03. The first-order valence-corrected chi connectivity index (χ1v) is 4.64. The van der Waals surface area contributed by atoms with Crippen molar-refractivity contribution in [2.75, 3.05) is 5.73 Å². The minimum Gasteiger partial charge on any atom is -0.382 e. The molecular weight excluding hydrogens is 176 g/mol. The normalized spacial score (nSPS) is 14.6. The molecule has 0 fully saturated rings. The van der Waals surface area contributed by atoms with Gasteiger partial charge >= 0.3 is 0 Å². The van der Waals surface area contributed by atoms with Crippen molar-refractivity contribution in [3.8, 4) is 0 Å². The second-order valence-corrected chi connectivity index (χ2v) is 3.42. The zero-order chi connectivity index (χ0) is 9.54. The highest BCUT2D eigenvalue weighted by atomic mass is 14.9. The molecule has 70 valence electrons. The van der Waals surface area contributed by atoms with Crippen LogP contribution in [0.2, 0.25) is 0 Å². The predicted octanol–water partition coefficient (Wildman–Crippen LogP) is 1.50. The molecule has 0 aromatic carbocycles. The van der Waals surface area contributed by atoms with E-state index in [1.54, 1.807) is 6.33 Å². The molecule has 0 amide bonds. The molecule has 0 unspecified atom stereocenters. The molecular formula is C10H10N4. The minimum atomic E-state index is 0.548. The third-order valence-corrected chi connectivity index (χ3v) is 2.55. The number of aromatic amines is 1. The highest BCUT2D eigenvalue weighted by Gasteiger charge is 2.14. The Labute approximate surface area is 80.9 Å². The van der Waals surface area contributed by atoms with Gasteiger partial charge in [0.2, 0.25) is 0 Å². The lowest BCUT2D eigenvalue weighted by atomic mass is 10.0. The highest BCUT2D eigenvalue weighted by Crippen LogP contribution is 2.26. The first-order chi connectivity index (χ1) is 6.86. The van der Waals surface area contributed by atoms with Gasteiger partial charge in [0.05, 0.1) is 12.0 Å². The molecule has 4 nitrogen and oxygen atoms in total. The molecule has 1 aliphatic carbocycles. The van der Waals surface area contributed by atoms with Gasteiger partial charge in [-0.1, -0.05) is 12.2 Å². The maximum absolute atomic E-state index is 5.82. The number of hydrogen-bond acceptors (Lipinski definition) is 3. The molecule has 1 aliphatic rings. The van der Waals surface area contributed by atoms with E-state index < -0.39 is 0 Å². The molecule has 14 heavy (non-hydrogen) atoms. The van der Waals surface area contributed by atoms with Crippen molar-refractivity contribution in [1.29, 1.82) is 0 Å². The van der Waals surface area contributed by atoms with E-state index in [1.165, 1.54) is 0 Å². The molecule has 3 rings (SSSR count). The molecule has 0 saturated heterocycles. The standard InChI is InChI=1S/C10H10N4/c11-10-9-8(12-5-13-9)6-3-1-2-4-7(6)14-10/h1,3,5H,2,4H2,(H2,11,14)(H,12,13). The number of rotatable bonds is 0. The SMILES string of the molecule is Nc1nc2c(c3nc[nH]c13)C=CCC2. The van der Waals surface area contributed by atoms with Gasteiger partial charge in [-0.3, -0.25) is 0 Å². The highest BCUT2D eigenvalue weighted by molar-refractivity contribution is 5.92. The predicted molar refractivity (Wildman–Crippen MR) is 55.7 cm³/mol. The van der Waals surface area contributed by atoms with Crippen LogP contribution in [0.4, 0.5) is 5.82 Å². The van der Waals surface area contributed by atoms with Crippen molar-refractivity contribution in [1.82, 2.24) is 15.0 Å². The fraction of sp³-hybridized carbons (Fsp3) is 0.200. The van der Waals surface area contributed by atoms with Crippen LogP contribution in [0.25, 0.3) is 17.1 Å². The van der Waals surface area contributed by atoms with Crippen LogP contribution in [0.5, 0.6) is 0 Å². The number of aromatic nitrogens is 3. The third-order valence-electron chi connectivity index (χ3n) is 2.55. The third kappa shape index (κ3) is 0.878. The molecule has 2 aromatic rings. The number of allylic oxidation sites excluding steroid dienone is 1.